The van der Waals surface area contributed by atoms with Crippen LogP contribution in [0.2, 0.25) is 10.0 Å². The van der Waals surface area contributed by atoms with E-state index in [0.29, 0.717) is 27.1 Å². The Labute approximate surface area is 107 Å². The second kappa shape index (κ2) is 4.65. The van der Waals surface area contributed by atoms with E-state index in [2.05, 4.69) is 15.5 Å². The molecule has 0 saturated heterocycles. The van der Waals surface area contributed by atoms with Crippen LogP contribution in [-0.4, -0.2) is 16.1 Å². The number of aromatic amines is 1. The summed E-state index contributed by atoms with van der Waals surface area (Å²) < 4.78 is 0. The average molecular weight is 271 g/mol. The van der Waals surface area contributed by atoms with Gasteiger partial charge in [0.05, 0.1) is 11.9 Å². The number of benzene rings is 1. The lowest BCUT2D eigenvalue weighted by Gasteiger charge is -2.04. The first kappa shape index (κ1) is 11.8. The fourth-order valence-corrected chi connectivity index (χ4v) is 1.79. The first-order valence-corrected chi connectivity index (χ1v) is 5.38. The van der Waals surface area contributed by atoms with E-state index in [1.54, 1.807) is 6.07 Å². The molecule has 0 bridgehead atoms. The first-order valence-electron chi connectivity index (χ1n) is 4.62. The summed E-state index contributed by atoms with van der Waals surface area (Å²) in [5.41, 5.74) is 6.26. The summed E-state index contributed by atoms with van der Waals surface area (Å²) in [7, 11) is 0. The fourth-order valence-electron chi connectivity index (χ4n) is 1.27. The number of anilines is 2. The largest absolute Gasteiger partial charge is 0.394 e. The molecule has 0 spiro atoms. The summed E-state index contributed by atoms with van der Waals surface area (Å²) in [6.45, 7) is 0. The highest BCUT2D eigenvalue weighted by Crippen LogP contribution is 2.20. The Bertz CT molecular complexity index is 547. The van der Waals surface area contributed by atoms with Crippen molar-refractivity contribution in [2.24, 2.45) is 0 Å². The molecule has 5 nitrogen and oxygen atoms in total. The molecule has 0 aliphatic rings. The normalized spacial score (nSPS) is 10.2. The zero-order valence-electron chi connectivity index (χ0n) is 8.50. The number of amides is 1. The number of hydrogen-bond acceptors (Lipinski definition) is 3. The van der Waals surface area contributed by atoms with Crippen molar-refractivity contribution in [3.05, 3.63) is 40.0 Å². The van der Waals surface area contributed by atoms with E-state index in [4.69, 9.17) is 28.9 Å². The molecule has 0 aliphatic heterocycles. The van der Waals surface area contributed by atoms with E-state index < -0.39 is 0 Å². The third-order valence-electron chi connectivity index (χ3n) is 2.03. The summed E-state index contributed by atoms with van der Waals surface area (Å²) in [6.07, 6.45) is 1.40. The van der Waals surface area contributed by atoms with Gasteiger partial charge < -0.3 is 11.1 Å². The smallest absolute Gasteiger partial charge is 0.256 e. The highest BCUT2D eigenvalue weighted by atomic mass is 35.5. The molecule has 0 fully saturated rings. The van der Waals surface area contributed by atoms with Crippen LogP contribution in [0, 0.1) is 0 Å². The van der Waals surface area contributed by atoms with Crippen molar-refractivity contribution in [1.82, 2.24) is 10.2 Å². The minimum Gasteiger partial charge on any atom is -0.394 e. The fraction of sp³-hybridized carbons (Fsp3) is 0. The Morgan fingerprint density at radius 1 is 1.29 bits per heavy atom. The van der Waals surface area contributed by atoms with Crippen molar-refractivity contribution in [2.75, 3.05) is 11.1 Å². The first-order chi connectivity index (χ1) is 8.06. The maximum atomic E-state index is 11.8. The molecule has 4 N–H and O–H groups in total. The molecule has 88 valence electrons. The predicted octanol–water partition coefficient (Wildman–Crippen LogP) is 2.55. The van der Waals surface area contributed by atoms with Gasteiger partial charge in [0, 0.05) is 15.6 Å². The topological polar surface area (TPSA) is 83.8 Å². The maximum Gasteiger partial charge on any atom is 0.256 e. The van der Waals surface area contributed by atoms with Crippen LogP contribution in [0.1, 0.15) is 10.4 Å². The SMILES string of the molecule is Nc1cn[nH]c1NC(=O)c1cc(Cl)cc(Cl)c1. The van der Waals surface area contributed by atoms with E-state index >= 15 is 0 Å². The number of H-pyrrole nitrogens is 1. The molecule has 0 saturated carbocycles. The standard InChI is InChI=1S/C10H8Cl2N4O/c11-6-1-5(2-7(12)3-6)10(17)15-9-8(13)4-14-16-9/h1-4H,13H2,(H2,14,15,16,17). The number of rotatable bonds is 2. The van der Waals surface area contributed by atoms with Gasteiger partial charge in [-0.05, 0) is 18.2 Å². The number of hydrogen-bond donors (Lipinski definition) is 3. The van der Waals surface area contributed by atoms with E-state index in [9.17, 15) is 4.79 Å². The summed E-state index contributed by atoms with van der Waals surface area (Å²) in [5.74, 6) is -0.0311. The average Bonchev–Trinajstić information content (AvgIpc) is 2.63. The van der Waals surface area contributed by atoms with Crippen LogP contribution in [-0.2, 0) is 0 Å². The Kier molecular flexibility index (Phi) is 3.21. The number of nitrogens with two attached hydrogens (primary N) is 1. The van der Waals surface area contributed by atoms with Gasteiger partial charge in [0.2, 0.25) is 0 Å². The van der Waals surface area contributed by atoms with Crippen molar-refractivity contribution < 1.29 is 4.79 Å². The van der Waals surface area contributed by atoms with Gasteiger partial charge in [-0.25, -0.2) is 0 Å². The number of nitrogen functional groups attached to an aromatic ring is 1. The van der Waals surface area contributed by atoms with Crippen molar-refractivity contribution >= 4 is 40.6 Å². The number of nitrogens with zero attached hydrogens (tertiary/aromatic N) is 1. The van der Waals surface area contributed by atoms with Gasteiger partial charge >= 0.3 is 0 Å². The van der Waals surface area contributed by atoms with Gasteiger partial charge in [0.25, 0.3) is 5.91 Å². The minimum absolute atomic E-state index is 0.339. The van der Waals surface area contributed by atoms with Crippen molar-refractivity contribution in [2.45, 2.75) is 0 Å². The Morgan fingerprint density at radius 3 is 2.47 bits per heavy atom. The van der Waals surface area contributed by atoms with E-state index in [0.717, 1.165) is 0 Å². The Morgan fingerprint density at radius 2 is 1.94 bits per heavy atom. The van der Waals surface area contributed by atoms with Gasteiger partial charge in [-0.2, -0.15) is 5.10 Å². The quantitative estimate of drug-likeness (QED) is 0.784. The van der Waals surface area contributed by atoms with Crippen LogP contribution < -0.4 is 11.1 Å². The molecule has 0 radical (unpaired) electrons. The molecule has 1 heterocycles. The zero-order valence-corrected chi connectivity index (χ0v) is 10.0. The lowest BCUT2D eigenvalue weighted by molar-refractivity contribution is 0.102. The predicted molar refractivity (Wildman–Crippen MR) is 67.4 cm³/mol. The monoisotopic (exact) mass is 270 g/mol. The lowest BCUT2D eigenvalue weighted by Crippen LogP contribution is -2.13. The van der Waals surface area contributed by atoms with Gasteiger partial charge in [-0.1, -0.05) is 23.2 Å². The van der Waals surface area contributed by atoms with Crippen LogP contribution in [0.15, 0.2) is 24.4 Å². The van der Waals surface area contributed by atoms with Crippen LogP contribution in [0.5, 0.6) is 0 Å². The number of aromatic nitrogens is 2. The van der Waals surface area contributed by atoms with Gasteiger partial charge in [0.1, 0.15) is 0 Å². The van der Waals surface area contributed by atoms with Crippen molar-refractivity contribution in [3.8, 4) is 0 Å². The van der Waals surface area contributed by atoms with E-state index in [1.807, 2.05) is 0 Å². The molecule has 1 aromatic heterocycles. The summed E-state index contributed by atoms with van der Waals surface area (Å²) in [5, 5.41) is 9.59. The second-order valence-electron chi connectivity index (χ2n) is 3.31. The highest BCUT2D eigenvalue weighted by molar-refractivity contribution is 6.35. The summed E-state index contributed by atoms with van der Waals surface area (Å²) in [6, 6.07) is 4.56. The molecule has 2 aromatic rings. The van der Waals surface area contributed by atoms with Gasteiger partial charge in [-0.3, -0.25) is 9.89 Å². The van der Waals surface area contributed by atoms with Gasteiger partial charge in [0.15, 0.2) is 5.82 Å². The molecule has 0 unspecified atom stereocenters. The van der Waals surface area contributed by atoms with E-state index in [-0.39, 0.29) is 5.91 Å². The lowest BCUT2D eigenvalue weighted by atomic mass is 10.2. The number of carbonyl (C=O) groups is 1. The van der Waals surface area contributed by atoms with Gasteiger partial charge in [-0.15, -0.1) is 0 Å². The molecule has 1 aromatic carbocycles. The zero-order chi connectivity index (χ0) is 12.4. The number of carbonyl (C=O) groups excluding carboxylic acids is 1. The third kappa shape index (κ3) is 2.69. The molecule has 17 heavy (non-hydrogen) atoms. The highest BCUT2D eigenvalue weighted by Gasteiger charge is 2.10. The molecule has 0 atom stereocenters. The molecule has 0 aliphatic carbocycles. The second-order valence-corrected chi connectivity index (χ2v) is 4.19. The van der Waals surface area contributed by atoms with Crippen molar-refractivity contribution in [1.29, 1.82) is 0 Å². The molecular formula is C10H8Cl2N4O. The molecule has 1 amide bonds. The third-order valence-corrected chi connectivity index (χ3v) is 2.47. The van der Waals surface area contributed by atoms with E-state index in [1.165, 1.54) is 18.3 Å². The maximum absolute atomic E-state index is 11.8. The van der Waals surface area contributed by atoms with Crippen LogP contribution in [0.25, 0.3) is 0 Å². The summed E-state index contributed by atoms with van der Waals surface area (Å²) in [4.78, 5) is 11.8. The number of halogens is 2. The van der Waals surface area contributed by atoms with Crippen LogP contribution >= 0.6 is 23.2 Å². The minimum atomic E-state index is -0.370. The van der Waals surface area contributed by atoms with Crippen LogP contribution in [0.4, 0.5) is 11.5 Å². The molecule has 7 heteroatoms. The Hall–Kier alpha value is -1.72. The van der Waals surface area contributed by atoms with Crippen LogP contribution in [0.3, 0.4) is 0 Å². The van der Waals surface area contributed by atoms with Crippen molar-refractivity contribution in [3.63, 3.8) is 0 Å². The summed E-state index contributed by atoms with van der Waals surface area (Å²) >= 11 is 11.6. The molecule has 2 rings (SSSR count). The molecular weight excluding hydrogens is 263 g/mol. The number of nitrogens with one attached hydrogen (secondary N) is 2. The Balaban J connectivity index is 2.23.